The first-order valence-electron chi connectivity index (χ1n) is 10.1. The summed E-state index contributed by atoms with van der Waals surface area (Å²) < 4.78 is 55.7. The average Bonchev–Trinajstić information content (AvgIpc) is 2.73. The van der Waals surface area contributed by atoms with Crippen LogP contribution in [0.25, 0.3) is 10.9 Å². The van der Waals surface area contributed by atoms with Crippen molar-refractivity contribution in [2.24, 2.45) is 5.92 Å². The van der Waals surface area contributed by atoms with Crippen LogP contribution in [0.4, 0.5) is 8.78 Å². The molecule has 0 spiro atoms. The minimum atomic E-state index is -3.63. The second-order valence-corrected chi connectivity index (χ2v) is 9.90. The van der Waals surface area contributed by atoms with E-state index in [0.717, 1.165) is 0 Å². The summed E-state index contributed by atoms with van der Waals surface area (Å²) in [6.07, 6.45) is 1.17. The van der Waals surface area contributed by atoms with Gasteiger partial charge in [0.05, 0.1) is 16.7 Å². The van der Waals surface area contributed by atoms with E-state index in [0.29, 0.717) is 49.2 Å². The second-order valence-electron chi connectivity index (χ2n) is 7.93. The summed E-state index contributed by atoms with van der Waals surface area (Å²) in [5.41, 5.74) is 0.260. The molecule has 4 rings (SSSR count). The number of sulfonamides is 1. The molecular formula is C22H23F2N3O3S. The number of hydrogen-bond donors (Lipinski definition) is 0. The highest BCUT2D eigenvalue weighted by Crippen LogP contribution is 2.24. The third kappa shape index (κ3) is 4.52. The van der Waals surface area contributed by atoms with E-state index in [-0.39, 0.29) is 22.8 Å². The number of benzene rings is 2. The predicted molar refractivity (Wildman–Crippen MR) is 114 cm³/mol. The Hall–Kier alpha value is -2.65. The molecule has 3 aromatic rings. The summed E-state index contributed by atoms with van der Waals surface area (Å²) in [7, 11) is -3.63. The summed E-state index contributed by atoms with van der Waals surface area (Å²) in [6.45, 7) is 2.77. The molecule has 31 heavy (non-hydrogen) atoms. The van der Waals surface area contributed by atoms with Crippen molar-refractivity contribution in [1.29, 1.82) is 0 Å². The smallest absolute Gasteiger partial charge is 0.261 e. The first-order valence-corrected chi connectivity index (χ1v) is 11.7. The lowest BCUT2D eigenvalue weighted by atomic mass is 9.98. The second kappa shape index (κ2) is 8.47. The van der Waals surface area contributed by atoms with E-state index in [1.54, 1.807) is 17.6 Å². The molecule has 1 fully saturated rings. The Kier molecular flexibility index (Phi) is 5.90. The Morgan fingerprint density at radius 1 is 1.10 bits per heavy atom. The lowest BCUT2D eigenvalue weighted by Gasteiger charge is -2.31. The van der Waals surface area contributed by atoms with Gasteiger partial charge in [-0.25, -0.2) is 26.5 Å². The van der Waals surface area contributed by atoms with E-state index in [2.05, 4.69) is 4.98 Å². The van der Waals surface area contributed by atoms with Crippen LogP contribution in [0.2, 0.25) is 0 Å². The molecule has 0 atom stereocenters. The summed E-state index contributed by atoms with van der Waals surface area (Å²) in [5, 5.41) is 0.358. The third-order valence-electron chi connectivity index (χ3n) is 5.81. The maximum Gasteiger partial charge on any atom is 0.261 e. The van der Waals surface area contributed by atoms with Crippen molar-refractivity contribution in [3.63, 3.8) is 0 Å². The van der Waals surface area contributed by atoms with Crippen LogP contribution >= 0.6 is 0 Å². The Labute approximate surface area is 179 Å². The minimum Gasteiger partial charge on any atom is -0.296 e. The zero-order chi connectivity index (χ0) is 22.2. The third-order valence-corrected chi connectivity index (χ3v) is 7.64. The topological polar surface area (TPSA) is 72.3 Å². The van der Waals surface area contributed by atoms with E-state index in [1.807, 2.05) is 0 Å². The lowest BCUT2D eigenvalue weighted by molar-refractivity contribution is 0.249. The molecule has 1 aliphatic heterocycles. The number of fused-ring (bicyclic) bond motifs is 1. The Balaban J connectivity index is 1.45. The number of aromatic nitrogens is 2. The lowest BCUT2D eigenvalue weighted by Crippen LogP contribution is -2.41. The van der Waals surface area contributed by atoms with Crippen LogP contribution in [0.3, 0.4) is 0 Å². The van der Waals surface area contributed by atoms with Crippen LogP contribution in [0.15, 0.2) is 47.3 Å². The monoisotopic (exact) mass is 447 g/mol. The molecule has 0 amide bonds. The fraction of sp³-hybridized carbons (Fsp3) is 0.364. The van der Waals surface area contributed by atoms with Gasteiger partial charge in [0, 0.05) is 31.3 Å². The van der Waals surface area contributed by atoms with Gasteiger partial charge in [-0.1, -0.05) is 18.2 Å². The Morgan fingerprint density at radius 2 is 1.81 bits per heavy atom. The van der Waals surface area contributed by atoms with Crippen LogP contribution in [-0.2, 0) is 22.3 Å². The van der Waals surface area contributed by atoms with Gasteiger partial charge in [-0.3, -0.25) is 9.36 Å². The Morgan fingerprint density at radius 3 is 2.52 bits per heavy atom. The quantitative estimate of drug-likeness (QED) is 0.602. The van der Waals surface area contributed by atoms with Crippen LogP contribution in [-0.4, -0.2) is 35.4 Å². The molecule has 2 heterocycles. The standard InChI is InChI=1S/C22H23F2N3O3S/c1-15-25-21-12-18(23)6-7-19(21)22(28)27(15)13-16-8-10-26(11-9-16)31(29,30)14-17-4-2-3-5-20(17)24/h2-7,12,16H,8-11,13-14H2,1H3. The fourth-order valence-electron chi connectivity index (χ4n) is 4.05. The van der Waals surface area contributed by atoms with Crippen molar-refractivity contribution in [2.45, 2.75) is 32.1 Å². The van der Waals surface area contributed by atoms with Crippen molar-refractivity contribution < 1.29 is 17.2 Å². The van der Waals surface area contributed by atoms with Gasteiger partial charge in [-0.2, -0.15) is 0 Å². The molecule has 9 heteroatoms. The van der Waals surface area contributed by atoms with E-state index < -0.39 is 21.7 Å². The molecule has 164 valence electrons. The number of rotatable bonds is 5. The van der Waals surface area contributed by atoms with Crippen LogP contribution in [0.5, 0.6) is 0 Å². The van der Waals surface area contributed by atoms with Crippen molar-refractivity contribution in [3.8, 4) is 0 Å². The van der Waals surface area contributed by atoms with Crippen molar-refractivity contribution in [3.05, 3.63) is 75.8 Å². The van der Waals surface area contributed by atoms with Gasteiger partial charge in [-0.15, -0.1) is 0 Å². The summed E-state index contributed by atoms with van der Waals surface area (Å²) in [5.74, 6) is -0.734. The van der Waals surface area contributed by atoms with Crippen molar-refractivity contribution in [2.75, 3.05) is 13.1 Å². The molecule has 0 saturated carbocycles. The molecule has 0 bridgehead atoms. The van der Waals surface area contributed by atoms with Gasteiger partial charge >= 0.3 is 0 Å². The maximum atomic E-state index is 13.9. The van der Waals surface area contributed by atoms with E-state index in [9.17, 15) is 22.0 Å². The number of piperidine rings is 1. The number of aryl methyl sites for hydroxylation is 1. The molecule has 1 aliphatic rings. The predicted octanol–water partition coefficient (Wildman–Crippen LogP) is 3.23. The van der Waals surface area contributed by atoms with Gasteiger partial charge < -0.3 is 0 Å². The molecule has 0 unspecified atom stereocenters. The van der Waals surface area contributed by atoms with Gasteiger partial charge in [-0.05, 0) is 43.9 Å². The fourth-order valence-corrected chi connectivity index (χ4v) is 5.63. The van der Waals surface area contributed by atoms with Gasteiger partial charge in [0.1, 0.15) is 17.5 Å². The molecule has 2 aromatic carbocycles. The molecule has 0 aliphatic carbocycles. The number of halogens is 2. The number of hydrogen-bond acceptors (Lipinski definition) is 4. The minimum absolute atomic E-state index is 0.107. The van der Waals surface area contributed by atoms with Crippen molar-refractivity contribution in [1.82, 2.24) is 13.9 Å². The molecule has 1 saturated heterocycles. The SMILES string of the molecule is Cc1nc2cc(F)ccc2c(=O)n1CC1CCN(S(=O)(=O)Cc2ccccc2F)CC1. The first-order chi connectivity index (χ1) is 14.7. The molecule has 1 aromatic heterocycles. The molecular weight excluding hydrogens is 424 g/mol. The van der Waals surface area contributed by atoms with Crippen LogP contribution in [0, 0.1) is 24.5 Å². The van der Waals surface area contributed by atoms with E-state index in [4.69, 9.17) is 0 Å². The summed E-state index contributed by atoms with van der Waals surface area (Å²) in [6, 6.07) is 9.80. The largest absolute Gasteiger partial charge is 0.296 e. The van der Waals surface area contributed by atoms with Gasteiger partial charge in [0.2, 0.25) is 10.0 Å². The highest BCUT2D eigenvalue weighted by atomic mass is 32.2. The highest BCUT2D eigenvalue weighted by molar-refractivity contribution is 7.88. The molecule has 0 N–H and O–H groups in total. The average molecular weight is 448 g/mol. The summed E-state index contributed by atoms with van der Waals surface area (Å²) >= 11 is 0. The maximum absolute atomic E-state index is 13.9. The van der Waals surface area contributed by atoms with Crippen LogP contribution < -0.4 is 5.56 Å². The molecule has 6 nitrogen and oxygen atoms in total. The van der Waals surface area contributed by atoms with Gasteiger partial charge in [0.15, 0.2) is 0 Å². The van der Waals surface area contributed by atoms with E-state index >= 15 is 0 Å². The van der Waals surface area contributed by atoms with Crippen LogP contribution in [0.1, 0.15) is 24.2 Å². The Bertz CT molecular complexity index is 1280. The zero-order valence-electron chi connectivity index (χ0n) is 17.1. The first kappa shape index (κ1) is 21.6. The molecule has 0 radical (unpaired) electrons. The summed E-state index contributed by atoms with van der Waals surface area (Å²) in [4.78, 5) is 17.2. The number of nitrogens with zero attached hydrogens (tertiary/aromatic N) is 3. The van der Waals surface area contributed by atoms with Gasteiger partial charge in [0.25, 0.3) is 5.56 Å². The normalized spacial score (nSPS) is 16.1. The highest BCUT2D eigenvalue weighted by Gasteiger charge is 2.29. The zero-order valence-corrected chi connectivity index (χ0v) is 17.9. The van der Waals surface area contributed by atoms with E-state index in [1.165, 1.54) is 40.7 Å². The van der Waals surface area contributed by atoms with Crippen molar-refractivity contribution >= 4 is 20.9 Å².